The van der Waals surface area contributed by atoms with E-state index in [-0.39, 0.29) is 0 Å². The van der Waals surface area contributed by atoms with Crippen molar-refractivity contribution >= 4 is 40.1 Å². The van der Waals surface area contributed by atoms with Gasteiger partial charge < -0.3 is 10.6 Å². The summed E-state index contributed by atoms with van der Waals surface area (Å²) < 4.78 is 0. The summed E-state index contributed by atoms with van der Waals surface area (Å²) in [6.45, 7) is 0. The third kappa shape index (κ3) is 4.80. The van der Waals surface area contributed by atoms with Crippen molar-refractivity contribution in [3.63, 3.8) is 0 Å². The monoisotopic (exact) mass is 376 g/mol. The number of allylic oxidation sites excluding steroid dienone is 3. The molecule has 2 aromatic carbocycles. The van der Waals surface area contributed by atoms with Gasteiger partial charge in [0.05, 0.1) is 11.4 Å². The number of thiocarbonyl (C=S) groups is 1. The SMILES string of the molecule is CN(C)c1ccc(N=Nc2ccc(N(C(N)=S)C3=C[CH]CC=C3)cc2)cc1. The van der Waals surface area contributed by atoms with Gasteiger partial charge in [-0.2, -0.15) is 10.2 Å². The van der Waals surface area contributed by atoms with Crippen LogP contribution in [0.1, 0.15) is 6.42 Å². The molecule has 1 radical (unpaired) electrons. The van der Waals surface area contributed by atoms with Crippen molar-refractivity contribution in [2.45, 2.75) is 6.42 Å². The molecular weight excluding hydrogens is 354 g/mol. The standard InChI is InChI=1S/C21H22N5S/c1-25(2)18-12-8-16(9-13-18)23-24-17-10-14-20(15-11-17)26(21(22)27)19-6-4-3-5-7-19/h4-15H,3H2,1-2H3,(H2,22,27). The molecule has 27 heavy (non-hydrogen) atoms. The molecule has 0 aromatic heterocycles. The lowest BCUT2D eigenvalue weighted by Gasteiger charge is -2.25. The van der Waals surface area contributed by atoms with Gasteiger partial charge in [-0.15, -0.1) is 0 Å². The summed E-state index contributed by atoms with van der Waals surface area (Å²) in [4.78, 5) is 3.88. The van der Waals surface area contributed by atoms with E-state index >= 15 is 0 Å². The normalized spacial score (nSPS) is 13.5. The van der Waals surface area contributed by atoms with E-state index in [9.17, 15) is 0 Å². The fourth-order valence-electron chi connectivity index (χ4n) is 2.67. The van der Waals surface area contributed by atoms with Gasteiger partial charge in [0, 0.05) is 31.2 Å². The van der Waals surface area contributed by atoms with Crippen LogP contribution in [0.25, 0.3) is 0 Å². The van der Waals surface area contributed by atoms with Gasteiger partial charge >= 0.3 is 0 Å². The molecule has 1 aliphatic rings. The molecule has 0 bridgehead atoms. The first-order valence-corrected chi connectivity index (χ1v) is 9.04. The number of hydrogen-bond donors (Lipinski definition) is 1. The van der Waals surface area contributed by atoms with Crippen molar-refractivity contribution in [1.82, 2.24) is 0 Å². The summed E-state index contributed by atoms with van der Waals surface area (Å²) in [5.41, 5.74) is 10.5. The average Bonchev–Trinajstić information content (AvgIpc) is 2.68. The molecular formula is C21H22N5S. The second-order valence-corrected chi connectivity index (χ2v) is 6.68. The topological polar surface area (TPSA) is 57.2 Å². The van der Waals surface area contributed by atoms with E-state index in [0.29, 0.717) is 5.11 Å². The molecule has 0 saturated carbocycles. The number of benzene rings is 2. The number of nitrogens with zero attached hydrogens (tertiary/aromatic N) is 4. The highest BCUT2D eigenvalue weighted by Crippen LogP contribution is 2.26. The zero-order chi connectivity index (χ0) is 19.2. The predicted octanol–water partition coefficient (Wildman–Crippen LogP) is 5.27. The Kier molecular flexibility index (Phi) is 5.98. The van der Waals surface area contributed by atoms with Crippen molar-refractivity contribution in [1.29, 1.82) is 0 Å². The molecule has 5 nitrogen and oxygen atoms in total. The van der Waals surface area contributed by atoms with Crippen LogP contribution in [0.4, 0.5) is 22.7 Å². The molecule has 0 spiro atoms. The van der Waals surface area contributed by atoms with E-state index in [2.05, 4.69) is 22.7 Å². The zero-order valence-electron chi connectivity index (χ0n) is 15.4. The Labute approximate surface area is 165 Å². The molecule has 0 aliphatic heterocycles. The van der Waals surface area contributed by atoms with Crippen molar-refractivity contribution in [2.75, 3.05) is 23.9 Å². The van der Waals surface area contributed by atoms with Crippen LogP contribution in [0.15, 0.2) is 82.7 Å². The molecule has 2 N–H and O–H groups in total. The largest absolute Gasteiger partial charge is 0.378 e. The third-order valence-corrected chi connectivity index (χ3v) is 4.27. The minimum Gasteiger partial charge on any atom is -0.378 e. The Morgan fingerprint density at radius 3 is 1.93 bits per heavy atom. The molecule has 0 saturated heterocycles. The van der Waals surface area contributed by atoms with Crippen LogP contribution in [0.5, 0.6) is 0 Å². The van der Waals surface area contributed by atoms with E-state index in [0.717, 1.165) is 34.9 Å². The Morgan fingerprint density at radius 1 is 0.926 bits per heavy atom. The van der Waals surface area contributed by atoms with Crippen LogP contribution >= 0.6 is 12.2 Å². The first-order chi connectivity index (χ1) is 13.0. The summed E-state index contributed by atoms with van der Waals surface area (Å²) in [5.74, 6) is 0. The van der Waals surface area contributed by atoms with Crippen LogP contribution < -0.4 is 15.5 Å². The van der Waals surface area contributed by atoms with Crippen molar-refractivity contribution in [3.8, 4) is 0 Å². The number of nitrogens with two attached hydrogens (primary N) is 1. The fourth-order valence-corrected chi connectivity index (χ4v) is 2.88. The fraction of sp³-hybridized carbons (Fsp3) is 0.143. The first-order valence-electron chi connectivity index (χ1n) is 8.63. The summed E-state index contributed by atoms with van der Waals surface area (Å²) in [6.07, 6.45) is 9.10. The van der Waals surface area contributed by atoms with Gasteiger partial charge in [0.15, 0.2) is 5.11 Å². The maximum Gasteiger partial charge on any atom is 0.175 e. The molecule has 0 atom stereocenters. The van der Waals surface area contributed by atoms with Gasteiger partial charge in [-0.3, -0.25) is 4.90 Å². The lowest BCUT2D eigenvalue weighted by molar-refractivity contribution is 1.13. The van der Waals surface area contributed by atoms with E-state index in [1.54, 1.807) is 0 Å². The van der Waals surface area contributed by atoms with E-state index in [1.807, 2.05) is 84.6 Å². The van der Waals surface area contributed by atoms with Gasteiger partial charge in [-0.05, 0) is 79.7 Å². The van der Waals surface area contributed by atoms with E-state index in [1.165, 1.54) is 0 Å². The number of azo groups is 1. The van der Waals surface area contributed by atoms with Crippen LogP contribution in [0.3, 0.4) is 0 Å². The second kappa shape index (κ2) is 8.60. The average molecular weight is 377 g/mol. The molecule has 0 amide bonds. The highest BCUT2D eigenvalue weighted by molar-refractivity contribution is 7.80. The Balaban J connectivity index is 1.75. The van der Waals surface area contributed by atoms with Crippen molar-refractivity contribution < 1.29 is 0 Å². The molecule has 0 fully saturated rings. The minimum absolute atomic E-state index is 0.302. The zero-order valence-corrected chi connectivity index (χ0v) is 16.2. The first kappa shape index (κ1) is 18.8. The lowest BCUT2D eigenvalue weighted by atomic mass is 10.1. The van der Waals surface area contributed by atoms with Gasteiger partial charge in [-0.1, -0.05) is 12.2 Å². The van der Waals surface area contributed by atoms with Crippen molar-refractivity contribution in [2.24, 2.45) is 16.0 Å². The molecule has 6 heteroatoms. The lowest BCUT2D eigenvalue weighted by Crippen LogP contribution is -2.34. The third-order valence-electron chi connectivity index (χ3n) is 4.08. The van der Waals surface area contributed by atoms with Gasteiger partial charge in [0.2, 0.25) is 0 Å². The highest BCUT2D eigenvalue weighted by Gasteiger charge is 2.14. The summed E-state index contributed by atoms with van der Waals surface area (Å²) in [7, 11) is 4.01. The summed E-state index contributed by atoms with van der Waals surface area (Å²) >= 11 is 5.23. The number of hydrogen-bond acceptors (Lipinski definition) is 4. The van der Waals surface area contributed by atoms with Crippen LogP contribution in [-0.4, -0.2) is 19.2 Å². The highest BCUT2D eigenvalue weighted by atomic mass is 32.1. The molecule has 2 aromatic rings. The minimum atomic E-state index is 0.302. The number of anilines is 2. The van der Waals surface area contributed by atoms with Crippen LogP contribution in [0, 0.1) is 6.42 Å². The van der Waals surface area contributed by atoms with Gasteiger partial charge in [0.1, 0.15) is 0 Å². The number of rotatable bonds is 5. The van der Waals surface area contributed by atoms with Gasteiger partial charge in [0.25, 0.3) is 0 Å². The molecule has 1 aliphatic carbocycles. The molecule has 3 rings (SSSR count). The van der Waals surface area contributed by atoms with Crippen LogP contribution in [0.2, 0.25) is 0 Å². The summed E-state index contributed by atoms with van der Waals surface area (Å²) in [5, 5.41) is 8.90. The predicted molar refractivity (Wildman–Crippen MR) is 117 cm³/mol. The molecule has 0 heterocycles. The van der Waals surface area contributed by atoms with Crippen LogP contribution in [-0.2, 0) is 0 Å². The quantitative estimate of drug-likeness (QED) is 0.571. The van der Waals surface area contributed by atoms with Gasteiger partial charge in [-0.25, -0.2) is 0 Å². The second-order valence-electron chi connectivity index (χ2n) is 6.27. The summed E-state index contributed by atoms with van der Waals surface area (Å²) in [6, 6.07) is 15.6. The molecule has 0 unspecified atom stereocenters. The maximum absolute atomic E-state index is 5.93. The van der Waals surface area contributed by atoms with Crippen molar-refractivity contribution in [3.05, 3.63) is 78.9 Å². The Morgan fingerprint density at radius 2 is 1.48 bits per heavy atom. The maximum atomic E-state index is 5.93. The smallest absolute Gasteiger partial charge is 0.175 e. The molecule has 137 valence electrons. The Bertz CT molecular complexity index is 880. The Hall–Kier alpha value is -2.99. The van der Waals surface area contributed by atoms with E-state index < -0.39 is 0 Å². The van der Waals surface area contributed by atoms with E-state index in [4.69, 9.17) is 18.0 Å².